The molecule has 1 aliphatic heterocycles. The van der Waals surface area contributed by atoms with E-state index in [1.54, 1.807) is 18.2 Å². The van der Waals surface area contributed by atoms with E-state index in [-0.39, 0.29) is 30.7 Å². The van der Waals surface area contributed by atoms with E-state index in [4.69, 9.17) is 14.2 Å². The van der Waals surface area contributed by atoms with Gasteiger partial charge in [0.05, 0.1) is 18.2 Å². The molecule has 0 spiro atoms. The third-order valence-corrected chi connectivity index (χ3v) is 3.60. The molecular weight excluding hydrogens is 294 g/mol. The van der Waals surface area contributed by atoms with Crippen molar-refractivity contribution in [1.82, 2.24) is 0 Å². The molecule has 1 unspecified atom stereocenters. The van der Waals surface area contributed by atoms with Gasteiger partial charge >= 0.3 is 5.97 Å². The second kappa shape index (κ2) is 7.00. The van der Waals surface area contributed by atoms with Crippen molar-refractivity contribution in [2.75, 3.05) is 27.0 Å². The number of hydrogen-bond acceptors (Lipinski definition) is 4. The fourth-order valence-electron chi connectivity index (χ4n) is 1.78. The summed E-state index contributed by atoms with van der Waals surface area (Å²) in [6.07, 6.45) is 0. The number of esters is 1. The number of fused-ring (bicyclic) bond motifs is 1. The summed E-state index contributed by atoms with van der Waals surface area (Å²) < 4.78 is 15.7. The van der Waals surface area contributed by atoms with Gasteiger partial charge in [-0.2, -0.15) is 0 Å². The Morgan fingerprint density at radius 1 is 1.29 bits per heavy atom. The molecule has 1 heterocycles. The highest BCUT2D eigenvalue weighted by Crippen LogP contribution is 2.32. The number of carbonyl (C=O) groups is 1. The molecule has 0 amide bonds. The molecule has 0 aromatic heterocycles. The largest absolute Gasteiger partial charge is 1.00 e. The summed E-state index contributed by atoms with van der Waals surface area (Å²) in [6, 6.07) is 5.08. The summed E-state index contributed by atoms with van der Waals surface area (Å²) in [5.41, 5.74) is 0.633. The molecule has 5 nitrogen and oxygen atoms in total. The highest BCUT2D eigenvalue weighted by molar-refractivity contribution is 5.90. The first-order valence-electron chi connectivity index (χ1n) is 6.77. The van der Waals surface area contributed by atoms with Crippen molar-refractivity contribution >= 4 is 5.97 Å². The van der Waals surface area contributed by atoms with Crippen molar-refractivity contribution in [2.45, 2.75) is 26.3 Å². The number of halogens is 1. The number of likely N-dealkylation sites (N-methyl/N-ethyl adjacent to an activating group) is 1. The predicted octanol–water partition coefficient (Wildman–Crippen LogP) is -2.11. The van der Waals surface area contributed by atoms with Crippen molar-refractivity contribution in [3.05, 3.63) is 23.8 Å². The summed E-state index contributed by atoms with van der Waals surface area (Å²) in [5, 5.41) is 0. The molecule has 0 saturated carbocycles. The minimum atomic E-state index is -0.329. The van der Waals surface area contributed by atoms with Crippen LogP contribution in [0.15, 0.2) is 18.2 Å². The van der Waals surface area contributed by atoms with Gasteiger partial charge < -0.3 is 31.5 Å². The maximum absolute atomic E-state index is 11.9. The van der Waals surface area contributed by atoms with Gasteiger partial charge in [-0.15, -0.1) is 0 Å². The van der Waals surface area contributed by atoms with E-state index >= 15 is 0 Å². The third kappa shape index (κ3) is 4.51. The van der Waals surface area contributed by atoms with Crippen molar-refractivity contribution < 1.29 is 36.3 Å². The molecule has 21 heavy (non-hydrogen) atoms. The standard InChI is InChI=1S/C15H21NO4.ClH/c1-15(2,3)16(4)7-8-18-14(17)11-5-6-12-13(9-11)20-10-19-12;/h5-6,9H,7-8,10H2,1-4H3;1H. The lowest BCUT2D eigenvalue weighted by Crippen LogP contribution is -3.16. The lowest BCUT2D eigenvalue weighted by molar-refractivity contribution is -0.927. The number of ether oxygens (including phenoxy) is 3. The first-order chi connectivity index (χ1) is 9.38. The summed E-state index contributed by atoms with van der Waals surface area (Å²) in [6.45, 7) is 7.84. The Bertz CT molecular complexity index is 499. The van der Waals surface area contributed by atoms with Crippen LogP contribution >= 0.6 is 0 Å². The van der Waals surface area contributed by atoms with E-state index in [0.29, 0.717) is 23.7 Å². The molecule has 0 radical (unpaired) electrons. The molecule has 1 aromatic carbocycles. The maximum Gasteiger partial charge on any atom is 0.338 e. The van der Waals surface area contributed by atoms with Gasteiger partial charge in [-0.25, -0.2) is 4.79 Å². The molecule has 0 bridgehead atoms. The van der Waals surface area contributed by atoms with E-state index in [2.05, 4.69) is 27.8 Å². The molecular formula is C15H22ClNO4. The fourth-order valence-corrected chi connectivity index (χ4v) is 1.78. The van der Waals surface area contributed by atoms with Crippen LogP contribution in [0.25, 0.3) is 0 Å². The Morgan fingerprint density at radius 3 is 2.62 bits per heavy atom. The van der Waals surface area contributed by atoms with Gasteiger partial charge in [-0.05, 0) is 39.0 Å². The normalized spacial score (nSPS) is 14.3. The van der Waals surface area contributed by atoms with Crippen molar-refractivity contribution in [3.8, 4) is 11.5 Å². The number of hydrogen-bond donors (Lipinski definition) is 1. The third-order valence-electron chi connectivity index (χ3n) is 3.60. The number of quaternary nitrogens is 1. The average Bonchev–Trinajstić information content (AvgIpc) is 2.84. The highest BCUT2D eigenvalue weighted by atomic mass is 35.5. The van der Waals surface area contributed by atoms with Crippen molar-refractivity contribution in [1.29, 1.82) is 0 Å². The summed E-state index contributed by atoms with van der Waals surface area (Å²) in [7, 11) is 2.09. The lowest BCUT2D eigenvalue weighted by Gasteiger charge is -2.28. The lowest BCUT2D eigenvalue weighted by atomic mass is 10.1. The van der Waals surface area contributed by atoms with Crippen LogP contribution in [-0.2, 0) is 4.74 Å². The number of nitrogens with one attached hydrogen (secondary N) is 1. The second-order valence-corrected chi connectivity index (χ2v) is 5.98. The van der Waals surface area contributed by atoms with E-state index in [1.165, 1.54) is 4.90 Å². The van der Waals surface area contributed by atoms with Crippen LogP contribution in [0.3, 0.4) is 0 Å². The SMILES string of the molecule is C[NH+](CCOC(=O)c1ccc2c(c1)OCO2)C(C)(C)C.[Cl-]. The van der Waals surface area contributed by atoms with Gasteiger partial charge in [0.2, 0.25) is 6.79 Å². The van der Waals surface area contributed by atoms with E-state index in [9.17, 15) is 4.79 Å². The first-order valence-corrected chi connectivity index (χ1v) is 6.77. The Labute approximate surface area is 131 Å². The number of benzene rings is 1. The van der Waals surface area contributed by atoms with E-state index in [0.717, 1.165) is 6.54 Å². The van der Waals surface area contributed by atoms with Gasteiger partial charge in [0.25, 0.3) is 0 Å². The quantitative estimate of drug-likeness (QED) is 0.646. The molecule has 0 aliphatic carbocycles. The monoisotopic (exact) mass is 315 g/mol. The molecule has 118 valence electrons. The number of carbonyl (C=O) groups excluding carboxylic acids is 1. The molecule has 2 rings (SSSR count). The molecule has 1 aromatic rings. The van der Waals surface area contributed by atoms with Gasteiger partial charge in [-0.1, -0.05) is 0 Å². The Morgan fingerprint density at radius 2 is 1.95 bits per heavy atom. The summed E-state index contributed by atoms with van der Waals surface area (Å²) in [5.74, 6) is 0.931. The van der Waals surface area contributed by atoms with Crippen LogP contribution < -0.4 is 26.8 Å². The molecule has 0 fully saturated rings. The van der Waals surface area contributed by atoms with Gasteiger partial charge in [-0.3, -0.25) is 0 Å². The smallest absolute Gasteiger partial charge is 0.338 e. The second-order valence-electron chi connectivity index (χ2n) is 5.98. The summed E-state index contributed by atoms with van der Waals surface area (Å²) >= 11 is 0. The van der Waals surface area contributed by atoms with Crippen LogP contribution in [0, 0.1) is 0 Å². The van der Waals surface area contributed by atoms with Crippen LogP contribution in [0.1, 0.15) is 31.1 Å². The zero-order valence-corrected chi connectivity index (χ0v) is 13.6. The number of rotatable bonds is 4. The zero-order valence-electron chi connectivity index (χ0n) is 12.9. The Kier molecular flexibility index (Phi) is 5.87. The molecule has 1 N–H and O–H groups in total. The Balaban J connectivity index is 0.00000220. The van der Waals surface area contributed by atoms with Crippen molar-refractivity contribution in [3.63, 3.8) is 0 Å². The van der Waals surface area contributed by atoms with Gasteiger partial charge in [0, 0.05) is 0 Å². The van der Waals surface area contributed by atoms with Crippen molar-refractivity contribution in [2.24, 2.45) is 0 Å². The molecule has 0 saturated heterocycles. The van der Waals surface area contributed by atoms with Crippen LogP contribution in [0.4, 0.5) is 0 Å². The average molecular weight is 316 g/mol. The van der Waals surface area contributed by atoms with Gasteiger partial charge in [0.1, 0.15) is 13.2 Å². The zero-order chi connectivity index (χ0) is 14.8. The first kappa shape index (κ1) is 17.6. The van der Waals surface area contributed by atoms with Gasteiger partial charge in [0.15, 0.2) is 11.5 Å². The molecule has 6 heteroatoms. The highest BCUT2D eigenvalue weighted by Gasteiger charge is 2.21. The maximum atomic E-state index is 11.9. The predicted molar refractivity (Wildman–Crippen MR) is 74.4 cm³/mol. The molecule has 1 aliphatic rings. The van der Waals surface area contributed by atoms with Crippen LogP contribution in [0.2, 0.25) is 0 Å². The minimum absolute atomic E-state index is 0. The van der Waals surface area contributed by atoms with E-state index < -0.39 is 0 Å². The van der Waals surface area contributed by atoms with Crippen LogP contribution in [0.5, 0.6) is 11.5 Å². The fraction of sp³-hybridized carbons (Fsp3) is 0.533. The minimum Gasteiger partial charge on any atom is -1.00 e. The topological polar surface area (TPSA) is 49.2 Å². The van der Waals surface area contributed by atoms with Crippen LogP contribution in [-0.4, -0.2) is 38.5 Å². The molecule has 1 atom stereocenters. The summed E-state index contributed by atoms with van der Waals surface area (Å²) in [4.78, 5) is 13.3. The Hall–Kier alpha value is -1.46. The van der Waals surface area contributed by atoms with E-state index in [1.807, 2.05) is 0 Å².